The van der Waals surface area contributed by atoms with Crippen LogP contribution >= 0.6 is 11.8 Å². The normalized spacial score (nSPS) is 15.8. The topological polar surface area (TPSA) is 96.0 Å². The van der Waals surface area contributed by atoms with Gasteiger partial charge in [0.15, 0.2) is 11.5 Å². The summed E-state index contributed by atoms with van der Waals surface area (Å²) in [4.78, 5) is 27.8. The Balaban J connectivity index is 1.55. The third kappa shape index (κ3) is 6.45. The van der Waals surface area contributed by atoms with E-state index >= 15 is 0 Å². The SMILES string of the molecule is CCC1SC(=O)N(Cc2ccc(NC(=O)c3cc[nH]c3)cc2)N=C1c1ccc(OC)c(OC(F)(F)F)c1. The Morgan fingerprint density at radius 2 is 1.92 bits per heavy atom. The second-order valence-electron chi connectivity index (χ2n) is 7.99. The molecule has 1 atom stereocenters. The molecule has 3 aromatic rings. The minimum Gasteiger partial charge on any atom is -0.493 e. The maximum absolute atomic E-state index is 12.9. The highest BCUT2D eigenvalue weighted by atomic mass is 32.2. The summed E-state index contributed by atoms with van der Waals surface area (Å²) in [5.74, 6) is -0.824. The van der Waals surface area contributed by atoms with Crippen LogP contribution in [-0.2, 0) is 6.54 Å². The molecule has 0 bridgehead atoms. The van der Waals surface area contributed by atoms with E-state index in [-0.39, 0.29) is 28.7 Å². The molecule has 0 saturated carbocycles. The third-order valence-corrected chi connectivity index (χ3v) is 6.70. The van der Waals surface area contributed by atoms with Gasteiger partial charge in [-0.2, -0.15) is 5.10 Å². The van der Waals surface area contributed by atoms with Crippen LogP contribution in [0.4, 0.5) is 23.7 Å². The largest absolute Gasteiger partial charge is 0.573 e. The first-order chi connectivity index (χ1) is 17.7. The van der Waals surface area contributed by atoms with Crippen LogP contribution in [0.3, 0.4) is 0 Å². The summed E-state index contributed by atoms with van der Waals surface area (Å²) in [5, 5.41) is 7.94. The molecule has 2 N–H and O–H groups in total. The Kier molecular flexibility index (Phi) is 7.77. The number of hydrazone groups is 1. The monoisotopic (exact) mass is 532 g/mol. The van der Waals surface area contributed by atoms with Gasteiger partial charge < -0.3 is 19.8 Å². The average molecular weight is 533 g/mol. The fraction of sp³-hybridized carbons (Fsp3) is 0.240. The van der Waals surface area contributed by atoms with Crippen molar-refractivity contribution in [2.24, 2.45) is 5.10 Å². The Hall–Kier alpha value is -3.93. The van der Waals surface area contributed by atoms with Crippen molar-refractivity contribution in [3.8, 4) is 11.5 Å². The number of halogens is 3. The lowest BCUT2D eigenvalue weighted by Gasteiger charge is -2.28. The Morgan fingerprint density at radius 3 is 2.54 bits per heavy atom. The number of anilines is 1. The van der Waals surface area contributed by atoms with E-state index in [9.17, 15) is 22.8 Å². The first kappa shape index (κ1) is 26.1. The predicted octanol–water partition coefficient (Wildman–Crippen LogP) is 6.03. The summed E-state index contributed by atoms with van der Waals surface area (Å²) >= 11 is 1.06. The molecule has 4 rings (SSSR count). The molecule has 1 aromatic heterocycles. The van der Waals surface area contributed by atoms with Crippen molar-refractivity contribution in [2.75, 3.05) is 12.4 Å². The number of aromatic nitrogens is 1. The van der Waals surface area contributed by atoms with Gasteiger partial charge in [0.2, 0.25) is 0 Å². The van der Waals surface area contributed by atoms with Crippen molar-refractivity contribution in [1.82, 2.24) is 9.99 Å². The smallest absolute Gasteiger partial charge is 0.493 e. The maximum Gasteiger partial charge on any atom is 0.573 e. The van der Waals surface area contributed by atoms with E-state index in [1.54, 1.807) is 48.8 Å². The number of methoxy groups -OCH3 is 1. The van der Waals surface area contributed by atoms with E-state index in [0.29, 0.717) is 28.9 Å². The molecule has 0 saturated heterocycles. The summed E-state index contributed by atoms with van der Waals surface area (Å²) in [6.45, 7) is 2.01. The fourth-order valence-corrected chi connectivity index (χ4v) is 4.60. The molecule has 194 valence electrons. The van der Waals surface area contributed by atoms with Gasteiger partial charge in [0.25, 0.3) is 5.91 Å². The minimum absolute atomic E-state index is 0.0743. The molecule has 37 heavy (non-hydrogen) atoms. The number of benzene rings is 2. The molecule has 12 heteroatoms. The number of ether oxygens (including phenoxy) is 2. The van der Waals surface area contributed by atoms with Crippen molar-refractivity contribution in [1.29, 1.82) is 0 Å². The van der Waals surface area contributed by atoms with Gasteiger partial charge in [-0.15, -0.1) is 13.2 Å². The number of hydrogen-bond acceptors (Lipinski definition) is 6. The molecule has 1 aliphatic rings. The van der Waals surface area contributed by atoms with Gasteiger partial charge in [-0.1, -0.05) is 30.8 Å². The molecule has 1 aliphatic heterocycles. The standard InChI is InChI=1S/C25H23F3N4O4S/c1-3-21-22(16-6-9-19(35-2)20(12-16)36-25(26,27)28)31-32(24(34)37-21)14-15-4-7-18(8-5-15)30-23(33)17-10-11-29-13-17/h4-13,21,29H,3,14H2,1-2H3,(H,30,33). The van der Waals surface area contributed by atoms with Crippen molar-refractivity contribution in [3.63, 3.8) is 0 Å². The Bertz CT molecular complexity index is 1290. The zero-order valence-electron chi connectivity index (χ0n) is 19.8. The Labute approximate surface area is 214 Å². The quantitative estimate of drug-likeness (QED) is 0.370. The molecule has 2 heterocycles. The summed E-state index contributed by atoms with van der Waals surface area (Å²) < 4.78 is 47.9. The van der Waals surface area contributed by atoms with E-state index in [2.05, 4.69) is 20.1 Å². The molecular weight excluding hydrogens is 509 g/mol. The lowest BCUT2D eigenvalue weighted by Crippen LogP contribution is -2.34. The van der Waals surface area contributed by atoms with Crippen LogP contribution in [-0.4, -0.2) is 45.6 Å². The number of rotatable bonds is 8. The van der Waals surface area contributed by atoms with Gasteiger partial charge in [0, 0.05) is 23.6 Å². The highest BCUT2D eigenvalue weighted by Gasteiger charge is 2.34. The summed E-state index contributed by atoms with van der Waals surface area (Å²) in [5.41, 5.74) is 2.67. The minimum atomic E-state index is -4.89. The lowest BCUT2D eigenvalue weighted by molar-refractivity contribution is -0.275. The highest BCUT2D eigenvalue weighted by Crippen LogP contribution is 2.36. The molecule has 1 unspecified atom stereocenters. The number of carbonyl (C=O) groups is 2. The zero-order valence-corrected chi connectivity index (χ0v) is 20.7. The number of hydrogen-bond donors (Lipinski definition) is 2. The second kappa shape index (κ2) is 11.0. The predicted molar refractivity (Wildman–Crippen MR) is 134 cm³/mol. The number of aromatic amines is 1. The molecular formula is C25H23F3N4O4S. The molecule has 0 fully saturated rings. The maximum atomic E-state index is 12.9. The number of carbonyl (C=O) groups excluding carboxylic acids is 2. The molecule has 8 nitrogen and oxygen atoms in total. The third-order valence-electron chi connectivity index (χ3n) is 5.45. The first-order valence-electron chi connectivity index (χ1n) is 11.2. The first-order valence-corrected chi connectivity index (χ1v) is 12.1. The van der Waals surface area contributed by atoms with Gasteiger partial charge in [0.05, 0.1) is 30.2 Å². The van der Waals surface area contributed by atoms with Crippen molar-refractivity contribution in [2.45, 2.75) is 31.5 Å². The van der Waals surface area contributed by atoms with Crippen LogP contribution < -0.4 is 14.8 Å². The van der Waals surface area contributed by atoms with Crippen LogP contribution in [0.1, 0.15) is 34.8 Å². The van der Waals surface area contributed by atoms with Crippen molar-refractivity contribution < 1.29 is 32.2 Å². The number of alkyl halides is 3. The summed E-state index contributed by atoms with van der Waals surface area (Å²) in [6, 6.07) is 12.8. The molecule has 0 radical (unpaired) electrons. The molecule has 0 spiro atoms. The van der Waals surface area contributed by atoms with E-state index < -0.39 is 12.1 Å². The number of nitrogens with one attached hydrogen (secondary N) is 2. The number of nitrogens with zero attached hydrogens (tertiary/aromatic N) is 2. The number of thioether (sulfide) groups is 1. The van der Waals surface area contributed by atoms with E-state index in [1.165, 1.54) is 24.3 Å². The molecule has 2 amide bonds. The van der Waals surface area contributed by atoms with Crippen LogP contribution in [0.5, 0.6) is 11.5 Å². The fourth-order valence-electron chi connectivity index (χ4n) is 3.67. The van der Waals surface area contributed by atoms with Gasteiger partial charge in [-0.3, -0.25) is 9.59 Å². The average Bonchev–Trinajstić information content (AvgIpc) is 3.40. The number of H-pyrrole nitrogens is 1. The van der Waals surface area contributed by atoms with E-state index in [1.807, 2.05) is 6.92 Å². The van der Waals surface area contributed by atoms with Gasteiger partial charge in [-0.05, 0) is 48.4 Å². The van der Waals surface area contributed by atoms with Crippen LogP contribution in [0, 0.1) is 0 Å². The van der Waals surface area contributed by atoms with Crippen LogP contribution in [0.25, 0.3) is 0 Å². The van der Waals surface area contributed by atoms with Crippen molar-refractivity contribution in [3.05, 3.63) is 77.6 Å². The number of amides is 2. The Morgan fingerprint density at radius 1 is 1.16 bits per heavy atom. The zero-order chi connectivity index (χ0) is 26.6. The lowest BCUT2D eigenvalue weighted by atomic mass is 10.0. The highest BCUT2D eigenvalue weighted by molar-refractivity contribution is 8.14. The van der Waals surface area contributed by atoms with Gasteiger partial charge in [-0.25, -0.2) is 5.01 Å². The summed E-state index contributed by atoms with van der Waals surface area (Å²) in [7, 11) is 1.25. The van der Waals surface area contributed by atoms with Crippen LogP contribution in [0.2, 0.25) is 0 Å². The second-order valence-corrected chi connectivity index (χ2v) is 9.14. The van der Waals surface area contributed by atoms with Gasteiger partial charge in [0.1, 0.15) is 0 Å². The van der Waals surface area contributed by atoms with Gasteiger partial charge >= 0.3 is 11.6 Å². The van der Waals surface area contributed by atoms with E-state index in [0.717, 1.165) is 17.3 Å². The molecule has 0 aliphatic carbocycles. The van der Waals surface area contributed by atoms with E-state index in [4.69, 9.17) is 4.74 Å². The van der Waals surface area contributed by atoms with Crippen LogP contribution in [0.15, 0.2) is 66.0 Å². The molecule has 2 aromatic carbocycles. The summed E-state index contributed by atoms with van der Waals surface area (Å²) in [6.07, 6.45) is -1.11. The van der Waals surface area contributed by atoms with Crippen molar-refractivity contribution >= 4 is 34.3 Å².